The Morgan fingerprint density at radius 2 is 1.96 bits per heavy atom. The number of methoxy groups -OCH3 is 2. The summed E-state index contributed by atoms with van der Waals surface area (Å²) in [6.07, 6.45) is 0.495. The number of aliphatic carboxylic acids is 1. The lowest BCUT2D eigenvalue weighted by Crippen LogP contribution is -2.48. The van der Waals surface area contributed by atoms with E-state index in [0.29, 0.717) is 28.9 Å². The maximum atomic E-state index is 12.4. The Morgan fingerprint density at radius 1 is 1.26 bits per heavy atom. The van der Waals surface area contributed by atoms with E-state index in [0.717, 1.165) is 0 Å². The van der Waals surface area contributed by atoms with Crippen LogP contribution in [0.3, 0.4) is 0 Å². The molecule has 2 rings (SSSR count). The van der Waals surface area contributed by atoms with Gasteiger partial charge in [0.25, 0.3) is 0 Å². The average molecular weight is 376 g/mol. The van der Waals surface area contributed by atoms with E-state index in [4.69, 9.17) is 13.9 Å². The molecule has 0 unspecified atom stereocenters. The largest absolute Gasteiger partial charge is 0.548 e. The van der Waals surface area contributed by atoms with Crippen LogP contribution in [-0.2, 0) is 16.0 Å². The van der Waals surface area contributed by atoms with Crippen molar-refractivity contribution < 1.29 is 28.6 Å². The third-order valence-corrected chi connectivity index (χ3v) is 4.31. The molecule has 8 heteroatoms. The second kappa shape index (κ2) is 8.57. The topological polar surface area (TPSA) is 118 Å². The number of carboxylic acid groups (broad SMARTS) is 1. The SMILES string of the molecule is CCC[C@@H](NC(=O)Cc1c(C)c2c(OC)cc(OC)cc2oc1=O)C(=O)[O-]. The van der Waals surface area contributed by atoms with Crippen LogP contribution >= 0.6 is 0 Å². The summed E-state index contributed by atoms with van der Waals surface area (Å²) in [7, 11) is 2.95. The van der Waals surface area contributed by atoms with Gasteiger partial charge in [-0.15, -0.1) is 0 Å². The van der Waals surface area contributed by atoms with Gasteiger partial charge in [0.2, 0.25) is 5.91 Å². The molecule has 0 radical (unpaired) electrons. The Kier molecular flexibility index (Phi) is 6.44. The van der Waals surface area contributed by atoms with E-state index in [2.05, 4.69) is 5.32 Å². The first kappa shape index (κ1) is 20.3. The first-order chi connectivity index (χ1) is 12.8. The van der Waals surface area contributed by atoms with Crippen molar-refractivity contribution in [1.82, 2.24) is 5.32 Å². The standard InChI is InChI=1S/C19H23NO7/c1-5-6-13(18(22)23)20-16(21)9-12-10(2)17-14(26-4)7-11(25-3)8-15(17)27-19(12)24/h7-8,13H,5-6,9H2,1-4H3,(H,20,21)(H,22,23)/p-1/t13-/m1/s1. The van der Waals surface area contributed by atoms with Crippen molar-refractivity contribution in [2.45, 2.75) is 39.2 Å². The zero-order chi connectivity index (χ0) is 20.1. The van der Waals surface area contributed by atoms with E-state index in [-0.39, 0.29) is 24.0 Å². The van der Waals surface area contributed by atoms with E-state index in [1.54, 1.807) is 26.0 Å². The Bertz CT molecular complexity index is 916. The first-order valence-electron chi connectivity index (χ1n) is 8.50. The van der Waals surface area contributed by atoms with E-state index in [9.17, 15) is 19.5 Å². The summed E-state index contributed by atoms with van der Waals surface area (Å²) in [5.41, 5.74) is 0.260. The quantitative estimate of drug-likeness (QED) is 0.674. The molecule has 2 aromatic rings. The Morgan fingerprint density at radius 3 is 2.52 bits per heavy atom. The number of carbonyl (C=O) groups is 2. The fraction of sp³-hybridized carbons (Fsp3) is 0.421. The molecule has 0 saturated carbocycles. The Labute approximate surface area is 156 Å². The molecule has 0 bridgehead atoms. The van der Waals surface area contributed by atoms with E-state index >= 15 is 0 Å². The number of ether oxygens (including phenoxy) is 2. The first-order valence-corrected chi connectivity index (χ1v) is 8.50. The average Bonchev–Trinajstić information content (AvgIpc) is 2.63. The van der Waals surface area contributed by atoms with E-state index in [1.165, 1.54) is 14.2 Å². The molecule has 0 fully saturated rings. The summed E-state index contributed by atoms with van der Waals surface area (Å²) in [4.78, 5) is 35.7. The van der Waals surface area contributed by atoms with E-state index < -0.39 is 23.5 Å². The molecule has 1 atom stereocenters. The van der Waals surface area contributed by atoms with Crippen LogP contribution in [0.1, 0.15) is 30.9 Å². The number of benzene rings is 1. The molecule has 0 saturated heterocycles. The lowest BCUT2D eigenvalue weighted by molar-refractivity contribution is -0.308. The minimum atomic E-state index is -1.36. The fourth-order valence-corrected chi connectivity index (χ4v) is 2.91. The van der Waals surface area contributed by atoms with Gasteiger partial charge in [0.1, 0.15) is 17.1 Å². The predicted octanol–water partition coefficient (Wildman–Crippen LogP) is 0.696. The molecule has 1 aromatic carbocycles. The van der Waals surface area contributed by atoms with Crippen LogP contribution in [-0.4, -0.2) is 32.1 Å². The van der Waals surface area contributed by atoms with Gasteiger partial charge in [-0.25, -0.2) is 4.79 Å². The number of fused-ring (bicyclic) bond motifs is 1. The van der Waals surface area contributed by atoms with Crippen LogP contribution < -0.4 is 25.5 Å². The van der Waals surface area contributed by atoms with Gasteiger partial charge in [-0.05, 0) is 18.9 Å². The van der Waals surface area contributed by atoms with Gasteiger partial charge in [-0.3, -0.25) is 4.79 Å². The van der Waals surface area contributed by atoms with Gasteiger partial charge in [0.05, 0.1) is 43.6 Å². The van der Waals surface area contributed by atoms with Crippen molar-refractivity contribution >= 4 is 22.8 Å². The normalized spacial score (nSPS) is 11.9. The van der Waals surface area contributed by atoms with Crippen molar-refractivity contribution in [2.75, 3.05) is 14.2 Å². The number of hydrogen-bond acceptors (Lipinski definition) is 7. The van der Waals surface area contributed by atoms with Gasteiger partial charge >= 0.3 is 5.63 Å². The highest BCUT2D eigenvalue weighted by molar-refractivity contribution is 5.91. The monoisotopic (exact) mass is 376 g/mol. The number of rotatable bonds is 8. The summed E-state index contributed by atoms with van der Waals surface area (Å²) >= 11 is 0. The molecule has 27 heavy (non-hydrogen) atoms. The van der Waals surface area contributed by atoms with Crippen LogP contribution in [0.25, 0.3) is 11.0 Å². The van der Waals surface area contributed by atoms with Crippen LogP contribution in [0.4, 0.5) is 0 Å². The molecule has 0 aliphatic carbocycles. The van der Waals surface area contributed by atoms with Crippen LogP contribution in [0, 0.1) is 6.92 Å². The molecule has 0 spiro atoms. The molecule has 1 N–H and O–H groups in total. The number of hydrogen-bond donors (Lipinski definition) is 1. The maximum absolute atomic E-state index is 12.4. The predicted molar refractivity (Wildman–Crippen MR) is 95.9 cm³/mol. The number of carboxylic acids is 1. The number of nitrogens with one attached hydrogen (secondary N) is 1. The van der Waals surface area contributed by atoms with Crippen molar-refractivity contribution in [1.29, 1.82) is 0 Å². The molecule has 1 aromatic heterocycles. The molecule has 0 aliphatic rings. The van der Waals surface area contributed by atoms with E-state index in [1.807, 2.05) is 0 Å². The lowest BCUT2D eigenvalue weighted by Gasteiger charge is -2.19. The van der Waals surface area contributed by atoms with Crippen molar-refractivity contribution in [3.8, 4) is 11.5 Å². The van der Waals surface area contributed by atoms with Crippen LogP contribution in [0.5, 0.6) is 11.5 Å². The highest BCUT2D eigenvalue weighted by Gasteiger charge is 2.20. The summed E-state index contributed by atoms with van der Waals surface area (Å²) in [6, 6.07) is 2.10. The highest BCUT2D eigenvalue weighted by atomic mass is 16.5. The zero-order valence-electron chi connectivity index (χ0n) is 15.7. The summed E-state index contributed by atoms with van der Waals surface area (Å²) in [5.74, 6) is -1.06. The van der Waals surface area contributed by atoms with Gasteiger partial charge in [-0.1, -0.05) is 13.3 Å². The Hall–Kier alpha value is -3.03. The van der Waals surface area contributed by atoms with Crippen molar-refractivity contribution in [3.05, 3.63) is 33.7 Å². The molecule has 0 aliphatic heterocycles. The summed E-state index contributed by atoms with van der Waals surface area (Å²) < 4.78 is 15.8. The minimum absolute atomic E-state index is 0.136. The smallest absolute Gasteiger partial charge is 0.340 e. The lowest BCUT2D eigenvalue weighted by atomic mass is 10.0. The minimum Gasteiger partial charge on any atom is -0.548 e. The van der Waals surface area contributed by atoms with Gasteiger partial charge in [-0.2, -0.15) is 0 Å². The number of aryl methyl sites for hydroxylation is 1. The maximum Gasteiger partial charge on any atom is 0.340 e. The molecular weight excluding hydrogens is 354 g/mol. The number of carbonyl (C=O) groups excluding carboxylic acids is 2. The molecule has 146 valence electrons. The molecule has 1 heterocycles. The molecular formula is C19H22NO7-. The van der Waals surface area contributed by atoms with Gasteiger partial charge in [0, 0.05) is 12.1 Å². The van der Waals surface area contributed by atoms with Crippen molar-refractivity contribution in [2.24, 2.45) is 0 Å². The number of amides is 1. The van der Waals surface area contributed by atoms with Gasteiger partial charge in [0.15, 0.2) is 0 Å². The zero-order valence-corrected chi connectivity index (χ0v) is 15.7. The van der Waals surface area contributed by atoms with Gasteiger partial charge < -0.3 is 29.1 Å². The molecule has 1 amide bonds. The van der Waals surface area contributed by atoms with Crippen LogP contribution in [0.2, 0.25) is 0 Å². The second-order valence-electron chi connectivity index (χ2n) is 6.10. The third kappa shape index (κ3) is 4.39. The highest BCUT2D eigenvalue weighted by Crippen LogP contribution is 2.33. The second-order valence-corrected chi connectivity index (χ2v) is 6.10. The molecule has 8 nitrogen and oxygen atoms in total. The van der Waals surface area contributed by atoms with Crippen LogP contribution in [0.15, 0.2) is 21.3 Å². The summed E-state index contributed by atoms with van der Waals surface area (Å²) in [6.45, 7) is 3.48. The van der Waals surface area contributed by atoms with Crippen molar-refractivity contribution in [3.63, 3.8) is 0 Å². The third-order valence-electron chi connectivity index (χ3n) is 4.31. The Balaban J connectivity index is 2.43. The summed E-state index contributed by atoms with van der Waals surface area (Å²) in [5, 5.41) is 14.0. The fourth-order valence-electron chi connectivity index (χ4n) is 2.91.